The predicted octanol–water partition coefficient (Wildman–Crippen LogP) is 2.90. The van der Waals surface area contributed by atoms with Crippen LogP contribution in [-0.4, -0.2) is 35.4 Å². The molecule has 2 amide bonds. The summed E-state index contributed by atoms with van der Waals surface area (Å²) in [6.07, 6.45) is 0. The van der Waals surface area contributed by atoms with Gasteiger partial charge < -0.3 is 4.74 Å². The molecule has 7 heteroatoms. The molecule has 6 nitrogen and oxygen atoms in total. The van der Waals surface area contributed by atoms with Crippen molar-refractivity contribution >= 4 is 6.03 Å². The van der Waals surface area contributed by atoms with E-state index in [-0.39, 0.29) is 11.3 Å². The van der Waals surface area contributed by atoms with Gasteiger partial charge >= 0.3 is 6.03 Å². The number of fused-ring (bicyclic) bond motifs is 2. The molecule has 2 aromatic carbocycles. The quantitative estimate of drug-likeness (QED) is 0.660. The average molecular weight is 317 g/mol. The number of hydroxylamine groups is 2. The number of nitrogens with one attached hydrogen (secondary N) is 1. The lowest BCUT2D eigenvalue weighted by molar-refractivity contribution is -0.0754. The van der Waals surface area contributed by atoms with Gasteiger partial charge in [-0.1, -0.05) is 24.3 Å². The molecule has 120 valence electrons. The zero-order valence-electron chi connectivity index (χ0n) is 12.7. The van der Waals surface area contributed by atoms with Crippen molar-refractivity contribution in [3.63, 3.8) is 0 Å². The highest BCUT2D eigenvalue weighted by Gasteiger charge is 2.36. The molecule has 1 aliphatic rings. The van der Waals surface area contributed by atoms with Crippen LogP contribution >= 0.6 is 0 Å². The summed E-state index contributed by atoms with van der Waals surface area (Å²) in [4.78, 5) is 12.1. The summed E-state index contributed by atoms with van der Waals surface area (Å²) < 4.78 is 20.0. The first-order chi connectivity index (χ1) is 11.0. The first-order valence-electron chi connectivity index (χ1n) is 7.00. The Balaban J connectivity index is 2.10. The van der Waals surface area contributed by atoms with Crippen molar-refractivity contribution < 1.29 is 19.1 Å². The molecular formula is C16H16FN3O3. The van der Waals surface area contributed by atoms with Crippen LogP contribution in [-0.2, 0) is 0 Å². The Morgan fingerprint density at radius 3 is 2.61 bits per heavy atom. The lowest BCUT2D eigenvalue weighted by Gasteiger charge is -2.33. The number of ether oxygens (including phenoxy) is 1. The van der Waals surface area contributed by atoms with Crippen LogP contribution in [0, 0.1) is 5.82 Å². The van der Waals surface area contributed by atoms with E-state index in [2.05, 4.69) is 5.43 Å². The summed E-state index contributed by atoms with van der Waals surface area (Å²) >= 11 is 0. The number of carbonyl (C=O) groups is 1. The number of hydrazine groups is 1. The predicted molar refractivity (Wildman–Crippen MR) is 80.6 cm³/mol. The molecule has 0 saturated carbocycles. The summed E-state index contributed by atoms with van der Waals surface area (Å²) in [6, 6.07) is 9.48. The zero-order valence-corrected chi connectivity index (χ0v) is 12.7. The van der Waals surface area contributed by atoms with Crippen LogP contribution in [0.5, 0.6) is 11.5 Å². The Kier molecular flexibility index (Phi) is 3.89. The van der Waals surface area contributed by atoms with Crippen molar-refractivity contribution in [1.82, 2.24) is 15.5 Å². The molecule has 0 aliphatic carbocycles. The molecule has 0 bridgehead atoms. The van der Waals surface area contributed by atoms with Gasteiger partial charge in [-0.25, -0.2) is 14.2 Å². The van der Waals surface area contributed by atoms with E-state index in [4.69, 9.17) is 4.74 Å². The fourth-order valence-electron chi connectivity index (χ4n) is 2.56. The third-order valence-electron chi connectivity index (χ3n) is 3.49. The Morgan fingerprint density at radius 1 is 1.17 bits per heavy atom. The molecule has 1 aliphatic heterocycles. The number of hydrogen-bond acceptors (Lipinski definition) is 4. The fraction of sp³-hybridized carbons (Fsp3) is 0.188. The third-order valence-corrected chi connectivity index (χ3v) is 3.49. The Labute approximate surface area is 132 Å². The van der Waals surface area contributed by atoms with Crippen molar-refractivity contribution in [3.8, 4) is 11.5 Å². The summed E-state index contributed by atoms with van der Waals surface area (Å²) in [7, 11) is 3.22. The topological polar surface area (TPSA) is 65.0 Å². The molecule has 1 unspecified atom stereocenters. The average Bonchev–Trinajstić information content (AvgIpc) is 2.51. The van der Waals surface area contributed by atoms with Crippen LogP contribution in [0.1, 0.15) is 17.2 Å². The first kappa shape index (κ1) is 15.3. The summed E-state index contributed by atoms with van der Waals surface area (Å²) in [5.41, 5.74) is 3.04. The highest BCUT2D eigenvalue weighted by Crippen LogP contribution is 2.46. The SMILES string of the molecule is CN(C)NC(=O)N(O)C1c2ccccc2Oc2cccc(F)c21. The van der Waals surface area contributed by atoms with Gasteiger partial charge in [0.2, 0.25) is 0 Å². The van der Waals surface area contributed by atoms with Gasteiger partial charge in [0.05, 0.1) is 5.56 Å². The van der Waals surface area contributed by atoms with Gasteiger partial charge in [0.25, 0.3) is 0 Å². The molecule has 23 heavy (non-hydrogen) atoms. The van der Waals surface area contributed by atoms with Gasteiger partial charge in [0.15, 0.2) is 0 Å². The van der Waals surface area contributed by atoms with Crippen LogP contribution in [0.15, 0.2) is 42.5 Å². The molecule has 3 rings (SSSR count). The van der Waals surface area contributed by atoms with E-state index in [0.29, 0.717) is 16.4 Å². The van der Waals surface area contributed by atoms with Crippen molar-refractivity contribution in [2.45, 2.75) is 6.04 Å². The van der Waals surface area contributed by atoms with E-state index in [9.17, 15) is 14.4 Å². The molecule has 0 fully saturated rings. The van der Waals surface area contributed by atoms with Gasteiger partial charge in [-0.3, -0.25) is 10.6 Å². The number of halogens is 1. The van der Waals surface area contributed by atoms with Crippen LogP contribution in [0.4, 0.5) is 9.18 Å². The van der Waals surface area contributed by atoms with Crippen molar-refractivity contribution in [2.75, 3.05) is 14.1 Å². The van der Waals surface area contributed by atoms with Crippen LogP contribution in [0.3, 0.4) is 0 Å². The number of carbonyl (C=O) groups excluding carboxylic acids is 1. The van der Waals surface area contributed by atoms with Gasteiger partial charge in [0.1, 0.15) is 23.4 Å². The Hall–Kier alpha value is -2.64. The minimum Gasteiger partial charge on any atom is -0.456 e. The molecular weight excluding hydrogens is 301 g/mol. The van der Waals surface area contributed by atoms with Gasteiger partial charge in [-0.2, -0.15) is 5.06 Å². The second kappa shape index (κ2) is 5.86. The highest BCUT2D eigenvalue weighted by atomic mass is 19.1. The zero-order chi connectivity index (χ0) is 16.6. The smallest absolute Gasteiger partial charge is 0.356 e. The summed E-state index contributed by atoms with van der Waals surface area (Å²) in [5, 5.41) is 12.2. The van der Waals surface area contributed by atoms with Crippen molar-refractivity contribution in [2.24, 2.45) is 0 Å². The molecule has 0 spiro atoms. The van der Waals surface area contributed by atoms with Crippen molar-refractivity contribution in [3.05, 3.63) is 59.4 Å². The lowest BCUT2D eigenvalue weighted by atomic mass is 9.94. The van der Waals surface area contributed by atoms with E-state index < -0.39 is 17.9 Å². The number of hydrogen-bond donors (Lipinski definition) is 2. The molecule has 0 saturated heterocycles. The van der Waals surface area contributed by atoms with Crippen LogP contribution < -0.4 is 10.2 Å². The number of urea groups is 1. The summed E-state index contributed by atoms with van der Waals surface area (Å²) in [6.45, 7) is 0. The largest absolute Gasteiger partial charge is 0.456 e. The molecule has 1 atom stereocenters. The van der Waals surface area contributed by atoms with Crippen LogP contribution in [0.2, 0.25) is 0 Å². The maximum atomic E-state index is 14.3. The van der Waals surface area contributed by atoms with E-state index in [1.54, 1.807) is 44.4 Å². The maximum Gasteiger partial charge on any atom is 0.356 e. The molecule has 0 aromatic heterocycles. The number of benzene rings is 2. The summed E-state index contributed by atoms with van der Waals surface area (Å²) in [5.74, 6) is 0.177. The van der Waals surface area contributed by atoms with Crippen molar-refractivity contribution in [1.29, 1.82) is 0 Å². The van der Waals surface area contributed by atoms with E-state index >= 15 is 0 Å². The number of nitrogens with zero attached hydrogens (tertiary/aromatic N) is 2. The molecule has 1 heterocycles. The molecule has 2 aromatic rings. The minimum absolute atomic E-state index is 0.114. The fourth-order valence-corrected chi connectivity index (χ4v) is 2.56. The normalized spacial score (nSPS) is 15.4. The lowest BCUT2D eigenvalue weighted by Crippen LogP contribution is -2.46. The maximum absolute atomic E-state index is 14.3. The number of para-hydroxylation sites is 1. The van der Waals surface area contributed by atoms with E-state index in [0.717, 1.165) is 0 Å². The molecule has 0 radical (unpaired) electrons. The van der Waals surface area contributed by atoms with E-state index in [1.807, 2.05) is 0 Å². The van der Waals surface area contributed by atoms with E-state index in [1.165, 1.54) is 17.1 Å². The van der Waals surface area contributed by atoms with Crippen LogP contribution in [0.25, 0.3) is 0 Å². The molecule has 2 N–H and O–H groups in total. The second-order valence-corrected chi connectivity index (χ2v) is 5.35. The number of amides is 2. The standard InChI is InChI=1S/C16H16FN3O3/c1-19(2)18-16(21)20(22)15-10-6-3-4-8-12(10)23-13-9-5-7-11(17)14(13)15/h3-9,15,22H,1-2H3,(H,18,21). The van der Waals surface area contributed by atoms with Gasteiger partial charge in [-0.05, 0) is 18.2 Å². The Morgan fingerprint density at radius 2 is 1.87 bits per heavy atom. The third kappa shape index (κ3) is 2.71. The minimum atomic E-state index is -1.00. The second-order valence-electron chi connectivity index (χ2n) is 5.35. The highest BCUT2D eigenvalue weighted by molar-refractivity contribution is 5.74. The number of rotatable bonds is 2. The van der Waals surface area contributed by atoms with Gasteiger partial charge in [0, 0.05) is 19.7 Å². The monoisotopic (exact) mass is 317 g/mol. The van der Waals surface area contributed by atoms with Gasteiger partial charge in [-0.15, -0.1) is 0 Å². The first-order valence-corrected chi connectivity index (χ1v) is 7.00. The Bertz CT molecular complexity index is 751.